The molecular formula is C35H39N7O8. The maximum atomic E-state index is 13.9. The van der Waals surface area contributed by atoms with Gasteiger partial charge in [0.1, 0.15) is 24.5 Å². The van der Waals surface area contributed by atoms with Gasteiger partial charge in [-0.1, -0.05) is 43.3 Å². The zero-order valence-electron chi connectivity index (χ0n) is 28.2. The number of alkyl carbamates (subject to hydrolysis) is 1. The topological polar surface area (TPSA) is 183 Å². The number of carbonyl (C=O) groups is 5. The second-order valence-electron chi connectivity index (χ2n) is 11.8. The van der Waals surface area contributed by atoms with E-state index in [0.29, 0.717) is 28.8 Å². The largest absolute Gasteiger partial charge is 0.445 e. The first-order chi connectivity index (χ1) is 24.1. The molecule has 2 heterocycles. The smallest absolute Gasteiger partial charge is 0.423 e. The van der Waals surface area contributed by atoms with E-state index in [4.69, 9.17) is 14.2 Å². The third-order valence-corrected chi connectivity index (χ3v) is 7.89. The van der Waals surface area contributed by atoms with Gasteiger partial charge in [0.25, 0.3) is 11.8 Å². The quantitative estimate of drug-likeness (QED) is 0.134. The monoisotopic (exact) mass is 685 g/mol. The van der Waals surface area contributed by atoms with Crippen LogP contribution in [0.1, 0.15) is 70.5 Å². The van der Waals surface area contributed by atoms with Crippen LogP contribution in [-0.2, 0) is 25.6 Å². The van der Waals surface area contributed by atoms with Gasteiger partial charge in [-0.3, -0.25) is 9.59 Å². The number of esters is 1. The molecule has 0 spiro atoms. The molecule has 1 saturated carbocycles. The Balaban J connectivity index is 1.36. The van der Waals surface area contributed by atoms with Crippen molar-refractivity contribution < 1.29 is 38.2 Å². The van der Waals surface area contributed by atoms with Crippen LogP contribution >= 0.6 is 0 Å². The van der Waals surface area contributed by atoms with E-state index in [2.05, 4.69) is 26.0 Å². The van der Waals surface area contributed by atoms with Gasteiger partial charge in [0.05, 0.1) is 11.3 Å². The maximum absolute atomic E-state index is 13.9. The predicted molar refractivity (Wildman–Crippen MR) is 181 cm³/mol. The van der Waals surface area contributed by atoms with Gasteiger partial charge in [-0.05, 0) is 68.9 Å². The molecule has 4 aromatic rings. The Bertz CT molecular complexity index is 1890. The fraction of sp³-hybridized carbons (Fsp3) is 0.343. The van der Waals surface area contributed by atoms with Crippen LogP contribution in [0.3, 0.4) is 0 Å². The van der Waals surface area contributed by atoms with Crippen molar-refractivity contribution in [1.29, 1.82) is 0 Å². The Morgan fingerprint density at radius 3 is 2.48 bits per heavy atom. The lowest BCUT2D eigenvalue weighted by Crippen LogP contribution is -2.40. The fourth-order valence-corrected chi connectivity index (χ4v) is 4.98. The third-order valence-electron chi connectivity index (χ3n) is 7.89. The van der Waals surface area contributed by atoms with Crippen molar-refractivity contribution in [3.63, 3.8) is 0 Å². The number of aromatic nitrogens is 3. The number of nitrogens with one attached hydrogen (secondary N) is 3. The van der Waals surface area contributed by atoms with E-state index in [9.17, 15) is 24.0 Å². The molecule has 0 bridgehead atoms. The molecule has 2 aromatic carbocycles. The molecule has 15 nitrogen and oxygen atoms in total. The minimum Gasteiger partial charge on any atom is -0.445 e. The highest BCUT2D eigenvalue weighted by molar-refractivity contribution is 6.05. The Labute approximate surface area is 288 Å². The standard InChI is InChI=1S/C35H39N7O8/c1-5-15-36-31(43)25-12-11-21(2)28(16-25)42(30-29-22(3)27(17-41(29)38-19-37-30)32(44)40-26-13-14-26)35(47)50-20-49-33(45)23(4)39-34(46)48-18-24-9-7-6-8-10-24/h6-12,16-17,19,23,26H,5,13-15,18,20H2,1-4H3,(H,36,43)(H,39,46)(H,40,44). The highest BCUT2D eigenvalue weighted by atomic mass is 16.7. The van der Waals surface area contributed by atoms with Crippen LogP contribution in [-0.4, -0.2) is 70.0 Å². The first-order valence-corrected chi connectivity index (χ1v) is 16.2. The van der Waals surface area contributed by atoms with Gasteiger partial charge in [-0.2, -0.15) is 5.10 Å². The van der Waals surface area contributed by atoms with Crippen LogP contribution in [0.5, 0.6) is 0 Å². The first-order valence-electron chi connectivity index (χ1n) is 16.2. The lowest BCUT2D eigenvalue weighted by Gasteiger charge is -2.24. The zero-order chi connectivity index (χ0) is 35.8. The van der Waals surface area contributed by atoms with Crippen molar-refractivity contribution in [3.8, 4) is 0 Å². The van der Waals surface area contributed by atoms with Crippen LogP contribution in [0.4, 0.5) is 21.1 Å². The number of hydrogen-bond donors (Lipinski definition) is 3. The number of fused-ring (bicyclic) bond motifs is 1. The van der Waals surface area contributed by atoms with Crippen LogP contribution < -0.4 is 20.9 Å². The van der Waals surface area contributed by atoms with Crippen LogP contribution in [0.15, 0.2) is 61.1 Å². The molecule has 1 aliphatic carbocycles. The summed E-state index contributed by atoms with van der Waals surface area (Å²) < 4.78 is 17.2. The number of aryl methyl sites for hydroxylation is 2. The van der Waals surface area contributed by atoms with Crippen molar-refractivity contribution in [1.82, 2.24) is 30.5 Å². The summed E-state index contributed by atoms with van der Waals surface area (Å²) in [6, 6.07) is 12.9. The molecule has 3 N–H and O–H groups in total. The van der Waals surface area contributed by atoms with Crippen molar-refractivity contribution in [2.24, 2.45) is 0 Å². The summed E-state index contributed by atoms with van der Waals surface area (Å²) in [6.45, 7) is 6.43. The minimum absolute atomic E-state index is 0.00685. The predicted octanol–water partition coefficient (Wildman–Crippen LogP) is 4.47. The summed E-state index contributed by atoms with van der Waals surface area (Å²) in [5, 5.41) is 12.4. The summed E-state index contributed by atoms with van der Waals surface area (Å²) >= 11 is 0. The van der Waals surface area contributed by atoms with Crippen LogP contribution in [0.2, 0.25) is 0 Å². The number of ether oxygens (including phenoxy) is 3. The van der Waals surface area contributed by atoms with Gasteiger partial charge < -0.3 is 30.2 Å². The molecule has 0 aliphatic heterocycles. The second kappa shape index (κ2) is 15.9. The lowest BCUT2D eigenvalue weighted by atomic mass is 10.1. The van der Waals surface area contributed by atoms with Crippen molar-refractivity contribution in [2.45, 2.75) is 65.6 Å². The van der Waals surface area contributed by atoms with Crippen molar-refractivity contribution >= 4 is 47.0 Å². The van der Waals surface area contributed by atoms with Crippen molar-refractivity contribution in [2.75, 3.05) is 18.2 Å². The second-order valence-corrected chi connectivity index (χ2v) is 11.8. The van der Waals surface area contributed by atoms with Crippen molar-refractivity contribution in [3.05, 3.63) is 88.9 Å². The molecule has 15 heteroatoms. The summed E-state index contributed by atoms with van der Waals surface area (Å²) in [7, 11) is 0. The number of amides is 4. The van der Waals surface area contributed by atoms with Gasteiger partial charge in [-0.25, -0.2) is 28.8 Å². The van der Waals surface area contributed by atoms with E-state index < -0.39 is 31.0 Å². The summed E-state index contributed by atoms with van der Waals surface area (Å²) in [5.74, 6) is -1.44. The van der Waals surface area contributed by atoms with Crippen LogP contribution in [0, 0.1) is 13.8 Å². The first kappa shape index (κ1) is 35.3. The number of anilines is 2. The number of carbonyl (C=O) groups excluding carboxylic acids is 5. The fourth-order valence-electron chi connectivity index (χ4n) is 4.98. The molecule has 262 valence electrons. The number of nitrogens with zero attached hydrogens (tertiary/aromatic N) is 4. The molecule has 4 amide bonds. The average Bonchev–Trinajstić information content (AvgIpc) is 3.86. The van der Waals surface area contributed by atoms with E-state index in [-0.39, 0.29) is 41.5 Å². The van der Waals surface area contributed by atoms with Gasteiger partial charge in [0, 0.05) is 24.3 Å². The van der Waals surface area contributed by atoms with E-state index >= 15 is 0 Å². The molecule has 1 fully saturated rings. The molecule has 2 aromatic heterocycles. The lowest BCUT2D eigenvalue weighted by molar-refractivity contribution is -0.153. The zero-order valence-corrected chi connectivity index (χ0v) is 28.2. The Morgan fingerprint density at radius 1 is 1.00 bits per heavy atom. The number of benzene rings is 2. The van der Waals surface area contributed by atoms with Crippen LogP contribution in [0.25, 0.3) is 5.52 Å². The molecule has 5 rings (SSSR count). The highest BCUT2D eigenvalue weighted by Crippen LogP contribution is 2.34. The summed E-state index contributed by atoms with van der Waals surface area (Å²) in [6.07, 6.45) is 3.49. The molecule has 1 atom stereocenters. The Hall–Kier alpha value is -5.99. The van der Waals surface area contributed by atoms with E-state index in [1.54, 1.807) is 56.4 Å². The maximum Gasteiger partial charge on any atom is 0.423 e. The van der Waals surface area contributed by atoms with Gasteiger partial charge in [0.2, 0.25) is 6.79 Å². The highest BCUT2D eigenvalue weighted by Gasteiger charge is 2.31. The van der Waals surface area contributed by atoms with E-state index in [1.165, 1.54) is 23.8 Å². The Kier molecular flexibility index (Phi) is 11.3. The normalized spacial score (nSPS) is 12.8. The van der Waals surface area contributed by atoms with E-state index in [1.807, 2.05) is 13.0 Å². The summed E-state index contributed by atoms with van der Waals surface area (Å²) in [4.78, 5) is 70.3. The minimum atomic E-state index is -1.13. The van der Waals surface area contributed by atoms with Gasteiger partial charge in [0.15, 0.2) is 5.82 Å². The van der Waals surface area contributed by atoms with E-state index in [0.717, 1.165) is 29.7 Å². The molecule has 50 heavy (non-hydrogen) atoms. The number of hydrogen-bond acceptors (Lipinski definition) is 10. The third kappa shape index (κ3) is 8.53. The molecule has 1 unspecified atom stereocenters. The molecular weight excluding hydrogens is 646 g/mol. The SMILES string of the molecule is CCCNC(=O)c1ccc(C)c(N(C(=O)OCOC(=O)C(C)NC(=O)OCc2ccccc2)c2ncnn3cc(C(=O)NC4CC4)c(C)c23)c1. The Morgan fingerprint density at radius 2 is 1.76 bits per heavy atom. The number of rotatable bonds is 13. The average molecular weight is 686 g/mol. The molecule has 0 radical (unpaired) electrons. The van der Waals surface area contributed by atoms with Gasteiger partial charge >= 0.3 is 18.2 Å². The molecule has 0 saturated heterocycles. The van der Waals surface area contributed by atoms with Gasteiger partial charge in [-0.15, -0.1) is 0 Å². The molecule has 1 aliphatic rings. The summed E-state index contributed by atoms with van der Waals surface area (Å²) in [5.41, 5.74) is 3.10.